The fourth-order valence-electron chi connectivity index (χ4n) is 1.16. The second-order valence-electron chi connectivity index (χ2n) is 2.59. The minimum atomic E-state index is 0.0524. The molecule has 0 aromatic carbocycles. The molecule has 0 aromatic heterocycles. The van der Waals surface area contributed by atoms with E-state index in [1.165, 1.54) is 0 Å². The standard InChI is InChI=1S/C8H10O2/c1-2-4-8-6-5-7(3-1)9-10-8/h1,3,5-8H,2,4H2/b3-1-/t7-,8+/m1/s1. The molecule has 3 rings (SSSR count). The Labute approximate surface area is 60.1 Å². The summed E-state index contributed by atoms with van der Waals surface area (Å²) in [7, 11) is 0. The predicted molar refractivity (Wildman–Crippen MR) is 37.3 cm³/mol. The lowest BCUT2D eigenvalue weighted by molar-refractivity contribution is -0.332. The van der Waals surface area contributed by atoms with Gasteiger partial charge in [0.15, 0.2) is 0 Å². The quantitative estimate of drug-likeness (QED) is 0.374. The van der Waals surface area contributed by atoms with Crippen LogP contribution in [0.5, 0.6) is 0 Å². The molecular formula is C8H10O2. The monoisotopic (exact) mass is 138 g/mol. The van der Waals surface area contributed by atoms with Gasteiger partial charge in [-0.05, 0) is 12.8 Å². The zero-order chi connectivity index (χ0) is 6.81. The number of rotatable bonds is 0. The van der Waals surface area contributed by atoms with Crippen LogP contribution in [0.25, 0.3) is 0 Å². The lowest BCUT2D eigenvalue weighted by Gasteiger charge is -2.22. The van der Waals surface area contributed by atoms with Gasteiger partial charge in [-0.25, -0.2) is 9.78 Å². The average Bonchev–Trinajstić information content (AvgIpc) is 1.89. The van der Waals surface area contributed by atoms with Gasteiger partial charge in [0.25, 0.3) is 0 Å². The van der Waals surface area contributed by atoms with E-state index in [2.05, 4.69) is 12.2 Å². The minimum absolute atomic E-state index is 0.0524. The van der Waals surface area contributed by atoms with Crippen molar-refractivity contribution >= 4 is 0 Å². The van der Waals surface area contributed by atoms with Crippen LogP contribution in [0.1, 0.15) is 12.8 Å². The molecule has 54 valence electrons. The van der Waals surface area contributed by atoms with E-state index in [0.29, 0.717) is 0 Å². The van der Waals surface area contributed by atoms with Crippen molar-refractivity contribution in [1.82, 2.24) is 0 Å². The molecular weight excluding hydrogens is 128 g/mol. The van der Waals surface area contributed by atoms with E-state index in [1.54, 1.807) is 0 Å². The molecule has 0 N–H and O–H groups in total. The molecule has 0 saturated carbocycles. The molecule has 0 amide bonds. The van der Waals surface area contributed by atoms with E-state index >= 15 is 0 Å². The van der Waals surface area contributed by atoms with Crippen molar-refractivity contribution in [3.63, 3.8) is 0 Å². The number of allylic oxidation sites excluding steroid dienone is 1. The summed E-state index contributed by atoms with van der Waals surface area (Å²) in [5.74, 6) is 0. The van der Waals surface area contributed by atoms with Crippen molar-refractivity contribution in [2.75, 3.05) is 0 Å². The molecule has 0 spiro atoms. The fraction of sp³-hybridized carbons (Fsp3) is 0.500. The zero-order valence-corrected chi connectivity index (χ0v) is 5.69. The molecule has 1 aliphatic carbocycles. The Morgan fingerprint density at radius 3 is 2.90 bits per heavy atom. The van der Waals surface area contributed by atoms with Crippen molar-refractivity contribution in [2.24, 2.45) is 0 Å². The second-order valence-corrected chi connectivity index (χ2v) is 2.59. The molecule has 2 aliphatic heterocycles. The Morgan fingerprint density at radius 1 is 1.10 bits per heavy atom. The van der Waals surface area contributed by atoms with E-state index in [9.17, 15) is 0 Å². The molecule has 2 heteroatoms. The van der Waals surface area contributed by atoms with Gasteiger partial charge in [0.2, 0.25) is 0 Å². The molecule has 0 radical (unpaired) electrons. The summed E-state index contributed by atoms with van der Waals surface area (Å²) in [6.45, 7) is 0. The third-order valence-corrected chi connectivity index (χ3v) is 1.75. The van der Waals surface area contributed by atoms with Crippen molar-refractivity contribution in [2.45, 2.75) is 25.0 Å². The van der Waals surface area contributed by atoms with E-state index in [0.717, 1.165) is 12.8 Å². The second kappa shape index (κ2) is 2.56. The van der Waals surface area contributed by atoms with Crippen LogP contribution < -0.4 is 0 Å². The highest BCUT2D eigenvalue weighted by Gasteiger charge is 2.16. The van der Waals surface area contributed by atoms with Crippen LogP contribution in [0.15, 0.2) is 24.3 Å². The van der Waals surface area contributed by atoms with Crippen LogP contribution >= 0.6 is 0 Å². The normalized spacial score (nSPS) is 40.8. The molecule has 0 saturated heterocycles. The topological polar surface area (TPSA) is 18.5 Å². The average molecular weight is 138 g/mol. The Hall–Kier alpha value is -0.600. The van der Waals surface area contributed by atoms with E-state index in [1.807, 2.05) is 12.2 Å². The Bertz CT molecular complexity index is 172. The maximum Gasteiger partial charge on any atom is 0.129 e. The van der Waals surface area contributed by atoms with Gasteiger partial charge in [0.1, 0.15) is 12.2 Å². The smallest absolute Gasteiger partial charge is 0.129 e. The molecule has 2 bridgehead atoms. The molecule has 2 heterocycles. The SMILES string of the molecule is C1=C[C@H]2/C=C\CC[C@@H]1OO2. The van der Waals surface area contributed by atoms with Gasteiger partial charge in [0, 0.05) is 0 Å². The van der Waals surface area contributed by atoms with Crippen LogP contribution in [0.3, 0.4) is 0 Å². The first-order valence-corrected chi connectivity index (χ1v) is 3.62. The molecule has 0 unspecified atom stereocenters. The van der Waals surface area contributed by atoms with Crippen molar-refractivity contribution in [3.8, 4) is 0 Å². The Morgan fingerprint density at radius 2 is 2.10 bits per heavy atom. The highest BCUT2D eigenvalue weighted by atomic mass is 17.2. The summed E-state index contributed by atoms with van der Waals surface area (Å²) in [4.78, 5) is 10.1. The molecule has 2 atom stereocenters. The van der Waals surface area contributed by atoms with Gasteiger partial charge in [-0.3, -0.25) is 0 Å². The summed E-state index contributed by atoms with van der Waals surface area (Å²) in [6, 6.07) is 0. The van der Waals surface area contributed by atoms with Crippen molar-refractivity contribution in [3.05, 3.63) is 24.3 Å². The van der Waals surface area contributed by atoms with Gasteiger partial charge in [-0.1, -0.05) is 24.3 Å². The van der Waals surface area contributed by atoms with Gasteiger partial charge in [0.05, 0.1) is 0 Å². The molecule has 10 heavy (non-hydrogen) atoms. The van der Waals surface area contributed by atoms with Crippen LogP contribution in [-0.4, -0.2) is 12.2 Å². The van der Waals surface area contributed by atoms with Crippen molar-refractivity contribution < 1.29 is 9.78 Å². The number of fused-ring (bicyclic) bond motifs is 3. The third-order valence-electron chi connectivity index (χ3n) is 1.75. The minimum Gasteiger partial charge on any atom is -0.228 e. The molecule has 2 nitrogen and oxygen atoms in total. The maximum absolute atomic E-state index is 5.04. The van der Waals surface area contributed by atoms with Gasteiger partial charge >= 0.3 is 0 Å². The first kappa shape index (κ1) is 6.13. The molecule has 0 aromatic rings. The van der Waals surface area contributed by atoms with Gasteiger partial charge in [-0.2, -0.15) is 0 Å². The summed E-state index contributed by atoms with van der Waals surface area (Å²) in [6.07, 6.45) is 10.6. The van der Waals surface area contributed by atoms with Gasteiger partial charge < -0.3 is 0 Å². The summed E-state index contributed by atoms with van der Waals surface area (Å²) in [5.41, 5.74) is 0. The molecule has 0 fully saturated rings. The fourth-order valence-corrected chi connectivity index (χ4v) is 1.16. The Kier molecular flexibility index (Phi) is 1.57. The summed E-state index contributed by atoms with van der Waals surface area (Å²) >= 11 is 0. The lowest BCUT2D eigenvalue weighted by Crippen LogP contribution is -2.22. The highest BCUT2D eigenvalue weighted by Crippen LogP contribution is 2.17. The number of hydrogen-bond donors (Lipinski definition) is 0. The zero-order valence-electron chi connectivity index (χ0n) is 5.69. The molecule has 3 aliphatic rings. The van der Waals surface area contributed by atoms with Crippen LogP contribution in [-0.2, 0) is 9.78 Å². The van der Waals surface area contributed by atoms with Crippen molar-refractivity contribution in [1.29, 1.82) is 0 Å². The summed E-state index contributed by atoms with van der Waals surface area (Å²) in [5, 5.41) is 0. The highest BCUT2D eigenvalue weighted by molar-refractivity contribution is 5.08. The van der Waals surface area contributed by atoms with E-state index in [4.69, 9.17) is 9.78 Å². The summed E-state index contributed by atoms with van der Waals surface area (Å²) < 4.78 is 0. The third kappa shape index (κ3) is 1.13. The lowest BCUT2D eigenvalue weighted by atomic mass is 10.1. The van der Waals surface area contributed by atoms with Crippen LogP contribution in [0.4, 0.5) is 0 Å². The van der Waals surface area contributed by atoms with E-state index < -0.39 is 0 Å². The maximum atomic E-state index is 5.04. The first-order valence-electron chi connectivity index (χ1n) is 3.62. The van der Waals surface area contributed by atoms with Gasteiger partial charge in [-0.15, -0.1) is 0 Å². The first-order chi connectivity index (χ1) is 4.95. The largest absolute Gasteiger partial charge is 0.228 e. The van der Waals surface area contributed by atoms with Crippen LogP contribution in [0.2, 0.25) is 0 Å². The van der Waals surface area contributed by atoms with Crippen LogP contribution in [0, 0.1) is 0 Å². The number of hydrogen-bond acceptors (Lipinski definition) is 2. The predicted octanol–water partition coefficient (Wildman–Crippen LogP) is 1.59. The van der Waals surface area contributed by atoms with E-state index in [-0.39, 0.29) is 12.2 Å². The Balaban J connectivity index is 2.17.